The fourth-order valence-corrected chi connectivity index (χ4v) is 4.87. The molecule has 1 heterocycles. The highest BCUT2D eigenvalue weighted by Gasteiger charge is 2.57. The Hall–Kier alpha value is -3.01. The number of halogens is 3. The zero-order valence-electron chi connectivity index (χ0n) is 16.5. The van der Waals surface area contributed by atoms with Gasteiger partial charge in [0.15, 0.2) is 5.11 Å². The van der Waals surface area contributed by atoms with Crippen LogP contribution in [-0.4, -0.2) is 21.5 Å². The number of benzene rings is 2. The molecule has 2 aromatic carbocycles. The number of nitro groups is 1. The highest BCUT2D eigenvalue weighted by atomic mass is 32.1. The molecule has 2 aliphatic rings. The smallest absolute Gasteiger partial charge is 0.303 e. The van der Waals surface area contributed by atoms with Crippen molar-refractivity contribution in [1.29, 1.82) is 0 Å². The Kier molecular flexibility index (Phi) is 5.00. The predicted molar refractivity (Wildman–Crippen MR) is 113 cm³/mol. The first kappa shape index (κ1) is 21.2. The van der Waals surface area contributed by atoms with Gasteiger partial charge in [-0.15, -0.1) is 0 Å². The van der Waals surface area contributed by atoms with Crippen molar-refractivity contribution in [1.82, 2.24) is 0 Å². The van der Waals surface area contributed by atoms with Crippen LogP contribution in [0.2, 0.25) is 0 Å². The number of hydrogen-bond acceptors (Lipinski definition) is 4. The highest BCUT2D eigenvalue weighted by molar-refractivity contribution is 7.81. The predicted octanol–water partition coefficient (Wildman–Crippen LogP) is 5.37. The number of nitrogens with zero attached hydrogens (tertiary/aromatic N) is 3. The monoisotopic (exact) mass is 449 g/mol. The number of thiocarbonyl (C=S) groups is 1. The molecule has 31 heavy (non-hydrogen) atoms. The average Bonchev–Trinajstić information content (AvgIpc) is 3.26. The molecule has 10 heteroatoms. The largest absolute Gasteiger partial charge is 0.423 e. The molecule has 0 bridgehead atoms. The van der Waals surface area contributed by atoms with Crippen molar-refractivity contribution in [2.75, 3.05) is 9.80 Å². The second-order valence-electron chi connectivity index (χ2n) is 7.79. The van der Waals surface area contributed by atoms with Crippen LogP contribution < -0.4 is 9.80 Å². The lowest BCUT2D eigenvalue weighted by molar-refractivity contribution is -0.388. The van der Waals surface area contributed by atoms with Gasteiger partial charge in [0.2, 0.25) is 0 Å². The first-order chi connectivity index (χ1) is 14.6. The van der Waals surface area contributed by atoms with Crippen LogP contribution in [0.3, 0.4) is 0 Å². The lowest BCUT2D eigenvalue weighted by Crippen LogP contribution is -2.47. The zero-order valence-corrected chi connectivity index (χ0v) is 17.3. The third-order valence-electron chi connectivity index (χ3n) is 5.88. The Labute approximate surface area is 181 Å². The summed E-state index contributed by atoms with van der Waals surface area (Å²) in [4.78, 5) is 26.4. The summed E-state index contributed by atoms with van der Waals surface area (Å²) in [6.45, 7) is 1.92. The minimum atomic E-state index is -4.95. The van der Waals surface area contributed by atoms with Gasteiger partial charge in [-0.3, -0.25) is 19.8 Å². The molecule has 1 saturated carbocycles. The first-order valence-corrected chi connectivity index (χ1v) is 10.1. The van der Waals surface area contributed by atoms with E-state index in [0.29, 0.717) is 24.6 Å². The SMILES string of the molecule is Cc1ccc(N2C(=S)N(c3ccc([N+](=O)[O-])c(C(F)(F)F)c3)C(=O)C23CCCC3)cc1. The molecule has 0 aromatic heterocycles. The van der Waals surface area contributed by atoms with Gasteiger partial charge in [0.1, 0.15) is 11.1 Å². The van der Waals surface area contributed by atoms with Crippen molar-refractivity contribution in [2.24, 2.45) is 0 Å². The zero-order chi connectivity index (χ0) is 22.6. The molecule has 0 N–H and O–H groups in total. The first-order valence-electron chi connectivity index (χ1n) is 9.67. The molecule has 2 aromatic rings. The van der Waals surface area contributed by atoms with Gasteiger partial charge in [0.05, 0.1) is 10.6 Å². The van der Waals surface area contributed by atoms with Crippen LogP contribution in [0.25, 0.3) is 0 Å². The number of rotatable bonds is 3. The van der Waals surface area contributed by atoms with Crippen molar-refractivity contribution in [3.63, 3.8) is 0 Å². The van der Waals surface area contributed by atoms with E-state index in [-0.39, 0.29) is 10.8 Å². The highest BCUT2D eigenvalue weighted by Crippen LogP contribution is 2.47. The van der Waals surface area contributed by atoms with E-state index in [2.05, 4.69) is 0 Å². The second kappa shape index (κ2) is 7.30. The van der Waals surface area contributed by atoms with E-state index in [1.165, 1.54) is 0 Å². The summed E-state index contributed by atoms with van der Waals surface area (Å²) in [5.74, 6) is -0.405. The average molecular weight is 449 g/mol. The maximum absolute atomic E-state index is 13.6. The Morgan fingerprint density at radius 3 is 2.19 bits per heavy atom. The molecule has 4 rings (SSSR count). The fourth-order valence-electron chi connectivity index (χ4n) is 4.40. The number of anilines is 2. The molecule has 0 unspecified atom stereocenters. The van der Waals surface area contributed by atoms with E-state index in [4.69, 9.17) is 12.2 Å². The van der Waals surface area contributed by atoms with Crippen LogP contribution in [0, 0.1) is 17.0 Å². The summed E-state index contributed by atoms with van der Waals surface area (Å²) in [6.07, 6.45) is -2.33. The minimum Gasteiger partial charge on any atom is -0.303 e. The Balaban J connectivity index is 1.85. The van der Waals surface area contributed by atoms with Crippen molar-refractivity contribution in [3.05, 3.63) is 63.7 Å². The molecule has 1 saturated heterocycles. The summed E-state index contributed by atoms with van der Waals surface area (Å²) in [5.41, 5.74) is -1.88. The fraction of sp³-hybridized carbons (Fsp3) is 0.333. The van der Waals surface area contributed by atoms with Crippen LogP contribution >= 0.6 is 12.2 Å². The van der Waals surface area contributed by atoms with Crippen LogP contribution in [-0.2, 0) is 11.0 Å². The molecule has 0 atom stereocenters. The molecule has 162 valence electrons. The molecule has 1 aliphatic carbocycles. The standard InChI is InChI=1S/C21H18F3N3O3S/c1-13-4-6-14(7-5-13)26-19(31)25(18(28)20(26)10-2-3-11-20)15-8-9-17(27(29)30)16(12-15)21(22,23)24/h4-9,12H,2-3,10-11H2,1H3. The van der Waals surface area contributed by atoms with Gasteiger partial charge in [0.25, 0.3) is 11.6 Å². The molecule has 6 nitrogen and oxygen atoms in total. The molecule has 1 aliphatic heterocycles. The molecule has 2 fully saturated rings. The number of amides is 1. The summed E-state index contributed by atoms with van der Waals surface area (Å²) < 4.78 is 40.5. The molecule has 1 amide bonds. The van der Waals surface area contributed by atoms with E-state index in [0.717, 1.165) is 35.4 Å². The lowest BCUT2D eigenvalue weighted by Gasteiger charge is -2.32. The van der Waals surface area contributed by atoms with Crippen molar-refractivity contribution in [3.8, 4) is 0 Å². The van der Waals surface area contributed by atoms with Gasteiger partial charge in [-0.25, -0.2) is 0 Å². The summed E-state index contributed by atoms with van der Waals surface area (Å²) in [7, 11) is 0. The third kappa shape index (κ3) is 3.34. The van der Waals surface area contributed by atoms with E-state index in [1.54, 1.807) is 4.90 Å². The van der Waals surface area contributed by atoms with E-state index >= 15 is 0 Å². The summed E-state index contributed by atoms with van der Waals surface area (Å²) in [6, 6.07) is 9.94. The summed E-state index contributed by atoms with van der Waals surface area (Å²) in [5, 5.41) is 11.2. The number of carbonyl (C=O) groups is 1. The Morgan fingerprint density at radius 2 is 1.65 bits per heavy atom. The van der Waals surface area contributed by atoms with Gasteiger partial charge < -0.3 is 4.90 Å². The van der Waals surface area contributed by atoms with E-state index in [9.17, 15) is 28.1 Å². The summed E-state index contributed by atoms with van der Waals surface area (Å²) >= 11 is 5.58. The maximum atomic E-state index is 13.6. The molecular weight excluding hydrogens is 431 g/mol. The van der Waals surface area contributed by atoms with E-state index in [1.807, 2.05) is 31.2 Å². The van der Waals surface area contributed by atoms with Crippen molar-refractivity contribution >= 4 is 40.3 Å². The van der Waals surface area contributed by atoms with Gasteiger partial charge in [0, 0.05) is 11.8 Å². The molecular formula is C21H18F3N3O3S. The number of aryl methyl sites for hydroxylation is 1. The number of nitro benzene ring substituents is 1. The van der Waals surface area contributed by atoms with Crippen LogP contribution in [0.5, 0.6) is 0 Å². The second-order valence-corrected chi connectivity index (χ2v) is 8.15. The van der Waals surface area contributed by atoms with Crippen molar-refractivity contribution < 1.29 is 22.9 Å². The van der Waals surface area contributed by atoms with Crippen LogP contribution in [0.4, 0.5) is 30.2 Å². The van der Waals surface area contributed by atoms with Gasteiger partial charge >= 0.3 is 6.18 Å². The Bertz CT molecular complexity index is 1080. The number of hydrogen-bond donors (Lipinski definition) is 0. The van der Waals surface area contributed by atoms with Gasteiger partial charge in [-0.2, -0.15) is 13.2 Å². The molecule has 0 radical (unpaired) electrons. The van der Waals surface area contributed by atoms with Gasteiger partial charge in [-0.05, 0) is 56.2 Å². The van der Waals surface area contributed by atoms with Gasteiger partial charge in [-0.1, -0.05) is 30.5 Å². The van der Waals surface area contributed by atoms with Crippen LogP contribution in [0.15, 0.2) is 42.5 Å². The lowest BCUT2D eigenvalue weighted by atomic mass is 9.94. The maximum Gasteiger partial charge on any atom is 0.423 e. The Morgan fingerprint density at radius 1 is 1.06 bits per heavy atom. The topological polar surface area (TPSA) is 66.7 Å². The normalized spacial score (nSPS) is 18.3. The van der Waals surface area contributed by atoms with E-state index < -0.39 is 33.8 Å². The molecule has 1 spiro atoms. The quantitative estimate of drug-likeness (QED) is 0.358. The van der Waals surface area contributed by atoms with Crippen LogP contribution in [0.1, 0.15) is 36.8 Å². The number of alkyl halides is 3. The number of carbonyl (C=O) groups excluding carboxylic acids is 1. The van der Waals surface area contributed by atoms with Crippen molar-refractivity contribution in [2.45, 2.75) is 44.3 Å². The minimum absolute atomic E-state index is 0.0673. The third-order valence-corrected chi connectivity index (χ3v) is 6.24.